The van der Waals surface area contributed by atoms with Gasteiger partial charge in [0.1, 0.15) is 5.41 Å². The largest absolute Gasteiger partial charge is 0.327 e. The Hall–Kier alpha value is -0.280. The van der Waals surface area contributed by atoms with Crippen molar-refractivity contribution >= 4 is 0 Å². The Morgan fingerprint density at radius 1 is 0.697 bits per heavy atom. The van der Waals surface area contributed by atoms with Crippen LogP contribution in [0.3, 0.4) is 0 Å². The van der Waals surface area contributed by atoms with Gasteiger partial charge in [-0.15, -0.1) is 0 Å². The van der Waals surface area contributed by atoms with Gasteiger partial charge in [0.25, 0.3) is 5.97 Å². The van der Waals surface area contributed by atoms with E-state index >= 15 is 0 Å². The van der Waals surface area contributed by atoms with Crippen molar-refractivity contribution in [3.8, 4) is 0 Å². The number of hydrogen-bond acceptors (Lipinski definition) is 7. The maximum absolute atomic E-state index is 6.55. The SMILES string of the molecule is CCCCCOOC(OCC(C)C)(OC(C)(C)C)C(C)(C)C(OCC)(OCCC)OC(C)C. The molecule has 200 valence electrons. The average molecular weight is 479 g/mol. The Labute approximate surface area is 204 Å². The van der Waals surface area contributed by atoms with E-state index in [-0.39, 0.29) is 12.0 Å². The molecule has 0 aliphatic carbocycles. The molecular weight excluding hydrogens is 424 g/mol. The van der Waals surface area contributed by atoms with Gasteiger partial charge in [-0.2, -0.15) is 4.89 Å². The van der Waals surface area contributed by atoms with Gasteiger partial charge in [-0.25, -0.2) is 4.89 Å². The highest BCUT2D eigenvalue weighted by molar-refractivity contribution is 4.92. The van der Waals surface area contributed by atoms with Crippen molar-refractivity contribution in [2.24, 2.45) is 11.3 Å². The van der Waals surface area contributed by atoms with Crippen LogP contribution in [0.2, 0.25) is 0 Å². The second-order valence-corrected chi connectivity index (χ2v) is 10.7. The molecule has 2 atom stereocenters. The second kappa shape index (κ2) is 15.0. The zero-order chi connectivity index (χ0) is 25.8. The first-order chi connectivity index (χ1) is 15.2. The Bertz CT molecular complexity index is 501. The summed E-state index contributed by atoms with van der Waals surface area (Å²) < 4.78 is 31.9. The summed E-state index contributed by atoms with van der Waals surface area (Å²) in [4.78, 5) is 11.8. The summed E-state index contributed by atoms with van der Waals surface area (Å²) in [5.74, 6) is -2.93. The maximum atomic E-state index is 6.55. The third-order valence-corrected chi connectivity index (χ3v) is 4.80. The van der Waals surface area contributed by atoms with E-state index in [0.717, 1.165) is 25.7 Å². The number of ether oxygens (including phenoxy) is 5. The second-order valence-electron chi connectivity index (χ2n) is 10.7. The van der Waals surface area contributed by atoms with E-state index in [4.69, 9.17) is 33.5 Å². The van der Waals surface area contributed by atoms with Crippen LogP contribution in [0.25, 0.3) is 0 Å². The van der Waals surface area contributed by atoms with Gasteiger partial charge in [-0.3, -0.25) is 0 Å². The molecule has 0 heterocycles. The zero-order valence-corrected chi connectivity index (χ0v) is 23.7. The van der Waals surface area contributed by atoms with Gasteiger partial charge >= 0.3 is 5.97 Å². The molecule has 7 nitrogen and oxygen atoms in total. The zero-order valence-electron chi connectivity index (χ0n) is 23.7. The molecule has 0 saturated heterocycles. The molecule has 33 heavy (non-hydrogen) atoms. The Morgan fingerprint density at radius 3 is 1.79 bits per heavy atom. The Kier molecular flexibility index (Phi) is 14.8. The van der Waals surface area contributed by atoms with E-state index in [1.807, 2.05) is 62.3 Å². The quantitative estimate of drug-likeness (QED) is 0.0872. The Morgan fingerprint density at radius 2 is 1.33 bits per heavy atom. The van der Waals surface area contributed by atoms with Gasteiger partial charge in [0.2, 0.25) is 0 Å². The number of hydrogen-bond donors (Lipinski definition) is 0. The Balaban J connectivity index is 6.59. The molecule has 7 heteroatoms. The normalized spacial score (nSPS) is 16.9. The highest BCUT2D eigenvalue weighted by Gasteiger charge is 2.67. The van der Waals surface area contributed by atoms with Crippen molar-refractivity contribution < 1.29 is 33.5 Å². The molecule has 0 aliphatic heterocycles. The van der Waals surface area contributed by atoms with Gasteiger partial charge in [0.05, 0.1) is 31.5 Å². The molecule has 0 saturated carbocycles. The third kappa shape index (κ3) is 10.5. The summed E-state index contributed by atoms with van der Waals surface area (Å²) in [6.45, 7) is 25.5. The fraction of sp³-hybridized carbons (Fsp3) is 1.00. The van der Waals surface area contributed by atoms with Crippen LogP contribution in [0, 0.1) is 11.3 Å². The van der Waals surface area contributed by atoms with Crippen LogP contribution in [-0.2, 0) is 33.5 Å². The fourth-order valence-corrected chi connectivity index (χ4v) is 3.23. The molecule has 0 rings (SSSR count). The lowest BCUT2D eigenvalue weighted by atomic mass is 9.85. The molecular formula is C26H54O7. The first kappa shape index (κ1) is 32.7. The van der Waals surface area contributed by atoms with Crippen molar-refractivity contribution in [3.63, 3.8) is 0 Å². The van der Waals surface area contributed by atoms with Gasteiger partial charge in [-0.05, 0) is 74.1 Å². The van der Waals surface area contributed by atoms with E-state index < -0.39 is 23.0 Å². The minimum Gasteiger partial charge on any atom is -0.327 e. The van der Waals surface area contributed by atoms with Gasteiger partial charge in [0, 0.05) is 6.61 Å². The molecule has 0 aromatic rings. The van der Waals surface area contributed by atoms with Crippen LogP contribution in [-0.4, -0.2) is 50.1 Å². The molecule has 0 N–H and O–H groups in total. The molecule has 0 radical (unpaired) electrons. The summed E-state index contributed by atoms with van der Waals surface area (Å²) in [6, 6.07) is 0. The van der Waals surface area contributed by atoms with Crippen LogP contribution in [0.15, 0.2) is 0 Å². The lowest BCUT2D eigenvalue weighted by Crippen LogP contribution is -2.67. The molecule has 0 amide bonds. The van der Waals surface area contributed by atoms with Crippen molar-refractivity contribution in [2.45, 2.75) is 132 Å². The van der Waals surface area contributed by atoms with Crippen LogP contribution >= 0.6 is 0 Å². The highest BCUT2D eigenvalue weighted by Crippen LogP contribution is 2.50. The lowest BCUT2D eigenvalue weighted by Gasteiger charge is -2.53. The van der Waals surface area contributed by atoms with Crippen molar-refractivity contribution in [1.82, 2.24) is 0 Å². The fourth-order valence-electron chi connectivity index (χ4n) is 3.23. The minimum absolute atomic E-state index is 0.185. The molecule has 0 bridgehead atoms. The average Bonchev–Trinajstić information content (AvgIpc) is 2.68. The molecule has 0 fully saturated rings. The van der Waals surface area contributed by atoms with Crippen molar-refractivity contribution in [1.29, 1.82) is 0 Å². The summed E-state index contributed by atoms with van der Waals surface area (Å²) in [5, 5.41) is 0. The smallest absolute Gasteiger partial charge is 0.325 e. The highest BCUT2D eigenvalue weighted by atomic mass is 17.3. The molecule has 2 unspecified atom stereocenters. The van der Waals surface area contributed by atoms with E-state index in [1.54, 1.807) is 0 Å². The predicted octanol–water partition coefficient (Wildman–Crippen LogP) is 6.83. The van der Waals surface area contributed by atoms with Gasteiger partial charge < -0.3 is 23.7 Å². The van der Waals surface area contributed by atoms with Crippen LogP contribution in [0.4, 0.5) is 0 Å². The minimum atomic E-state index is -1.67. The monoisotopic (exact) mass is 478 g/mol. The summed E-state index contributed by atoms with van der Waals surface area (Å²) in [6.07, 6.45) is 3.61. The van der Waals surface area contributed by atoms with Crippen LogP contribution in [0.1, 0.15) is 109 Å². The van der Waals surface area contributed by atoms with E-state index in [2.05, 4.69) is 20.8 Å². The lowest BCUT2D eigenvalue weighted by molar-refractivity contribution is -0.589. The third-order valence-electron chi connectivity index (χ3n) is 4.80. The van der Waals surface area contributed by atoms with Gasteiger partial charge in [0.15, 0.2) is 0 Å². The van der Waals surface area contributed by atoms with Gasteiger partial charge in [-0.1, -0.05) is 40.5 Å². The molecule has 0 aromatic heterocycles. The molecule has 0 aromatic carbocycles. The number of rotatable bonds is 19. The summed E-state index contributed by atoms with van der Waals surface area (Å²) in [7, 11) is 0. The number of unbranched alkanes of at least 4 members (excludes halogenated alkanes) is 2. The summed E-state index contributed by atoms with van der Waals surface area (Å²) >= 11 is 0. The first-order valence-corrected chi connectivity index (χ1v) is 12.8. The molecule has 0 spiro atoms. The van der Waals surface area contributed by atoms with Crippen LogP contribution in [0.5, 0.6) is 0 Å². The van der Waals surface area contributed by atoms with Crippen LogP contribution < -0.4 is 0 Å². The van der Waals surface area contributed by atoms with Crippen molar-refractivity contribution in [2.75, 3.05) is 26.4 Å². The van der Waals surface area contributed by atoms with Crippen molar-refractivity contribution in [3.05, 3.63) is 0 Å². The predicted molar refractivity (Wildman–Crippen MR) is 132 cm³/mol. The topological polar surface area (TPSA) is 64.6 Å². The summed E-state index contributed by atoms with van der Waals surface area (Å²) in [5.41, 5.74) is -1.73. The molecule has 0 aliphatic rings. The standard InChI is InChI=1S/C26H54O7/c1-13-16-17-19-30-33-26(29-20-21(4)5,32-23(8,9)10)24(11,12)25(27-15-3,28-18-14-2)31-22(6)7/h21-22H,13-20H2,1-12H3. The van der Waals surface area contributed by atoms with E-state index in [0.29, 0.717) is 26.4 Å². The van der Waals surface area contributed by atoms with E-state index in [1.165, 1.54) is 0 Å². The van der Waals surface area contributed by atoms with E-state index in [9.17, 15) is 0 Å². The maximum Gasteiger partial charge on any atom is 0.325 e. The first-order valence-electron chi connectivity index (χ1n) is 12.8.